The molecule has 0 saturated carbocycles. The summed E-state index contributed by atoms with van der Waals surface area (Å²) >= 11 is 0. The SMILES string of the molecule is CC(C)(C)OC(=O)N1CCc2cc(O)ccc2C1c1ccc(OCCN2CCCC2)cc1. The molecule has 2 aromatic carbocycles. The molecule has 1 unspecified atom stereocenters. The van der Waals surface area contributed by atoms with Gasteiger partial charge in [-0.15, -0.1) is 0 Å². The molecule has 0 aliphatic carbocycles. The standard InChI is InChI=1S/C26H34N2O4/c1-26(2,3)32-25(30)28-15-12-20-18-21(29)8-11-23(20)24(28)19-6-9-22(10-7-19)31-17-16-27-13-4-5-14-27/h6-11,18,24,29H,4-5,12-17H2,1-3H3. The van der Waals surface area contributed by atoms with Gasteiger partial charge in [-0.25, -0.2) is 4.79 Å². The predicted octanol–water partition coefficient (Wildman–Crippen LogP) is 4.75. The summed E-state index contributed by atoms with van der Waals surface area (Å²) in [5, 5.41) is 9.95. The minimum absolute atomic E-state index is 0.245. The van der Waals surface area contributed by atoms with E-state index in [1.165, 1.54) is 25.9 Å². The van der Waals surface area contributed by atoms with E-state index >= 15 is 0 Å². The largest absolute Gasteiger partial charge is 0.508 e. The lowest BCUT2D eigenvalue weighted by Crippen LogP contribution is -2.43. The molecule has 4 rings (SSSR count). The third-order valence-corrected chi connectivity index (χ3v) is 6.05. The quantitative estimate of drug-likeness (QED) is 0.730. The second kappa shape index (κ2) is 9.41. The number of rotatable bonds is 5. The van der Waals surface area contributed by atoms with Crippen molar-refractivity contribution in [3.05, 3.63) is 59.2 Å². The number of fused-ring (bicyclic) bond motifs is 1. The second-order valence-electron chi connectivity index (χ2n) is 9.68. The van der Waals surface area contributed by atoms with Crippen molar-refractivity contribution in [3.8, 4) is 11.5 Å². The van der Waals surface area contributed by atoms with Gasteiger partial charge in [0.15, 0.2) is 0 Å². The molecule has 6 heteroatoms. The number of ether oxygens (including phenoxy) is 2. The Hall–Kier alpha value is -2.73. The topological polar surface area (TPSA) is 62.2 Å². The summed E-state index contributed by atoms with van der Waals surface area (Å²) in [5.41, 5.74) is 2.50. The Kier molecular flexibility index (Phi) is 6.60. The lowest BCUT2D eigenvalue weighted by molar-refractivity contribution is 0.0178. The molecule has 1 amide bonds. The number of hydrogen-bond acceptors (Lipinski definition) is 5. The van der Waals surface area contributed by atoms with Gasteiger partial charge >= 0.3 is 6.09 Å². The number of carbonyl (C=O) groups excluding carboxylic acids is 1. The van der Waals surface area contributed by atoms with Crippen molar-refractivity contribution in [2.24, 2.45) is 0 Å². The molecule has 0 aromatic heterocycles. The fourth-order valence-corrected chi connectivity index (χ4v) is 4.54. The van der Waals surface area contributed by atoms with Crippen LogP contribution in [0.15, 0.2) is 42.5 Å². The van der Waals surface area contributed by atoms with Crippen molar-refractivity contribution in [1.29, 1.82) is 0 Å². The minimum atomic E-state index is -0.566. The van der Waals surface area contributed by atoms with E-state index < -0.39 is 5.60 Å². The van der Waals surface area contributed by atoms with Gasteiger partial charge in [-0.1, -0.05) is 18.2 Å². The maximum absolute atomic E-state index is 13.0. The fourth-order valence-electron chi connectivity index (χ4n) is 4.54. The maximum atomic E-state index is 13.0. The summed E-state index contributed by atoms with van der Waals surface area (Å²) in [6.07, 6.45) is 2.91. The van der Waals surface area contributed by atoms with Crippen LogP contribution in [0, 0.1) is 0 Å². The number of amides is 1. The van der Waals surface area contributed by atoms with Gasteiger partial charge in [-0.2, -0.15) is 0 Å². The van der Waals surface area contributed by atoms with Crippen molar-refractivity contribution >= 4 is 6.09 Å². The van der Waals surface area contributed by atoms with Crippen LogP contribution >= 0.6 is 0 Å². The molecule has 0 bridgehead atoms. The number of nitrogens with zero attached hydrogens (tertiary/aromatic N) is 2. The van der Waals surface area contributed by atoms with Gasteiger partial charge in [-0.3, -0.25) is 9.80 Å². The number of hydrogen-bond donors (Lipinski definition) is 1. The van der Waals surface area contributed by atoms with Crippen LogP contribution in [-0.4, -0.2) is 59.4 Å². The summed E-state index contributed by atoms with van der Waals surface area (Å²) in [5.74, 6) is 1.08. The van der Waals surface area contributed by atoms with Gasteiger partial charge in [0.25, 0.3) is 0 Å². The third-order valence-electron chi connectivity index (χ3n) is 6.05. The Labute approximate surface area is 190 Å². The predicted molar refractivity (Wildman–Crippen MR) is 124 cm³/mol. The highest BCUT2D eigenvalue weighted by atomic mass is 16.6. The molecule has 6 nitrogen and oxygen atoms in total. The van der Waals surface area contributed by atoms with Crippen LogP contribution in [0.1, 0.15) is 56.3 Å². The molecule has 2 aromatic rings. The molecule has 32 heavy (non-hydrogen) atoms. The lowest BCUT2D eigenvalue weighted by atomic mass is 9.88. The zero-order chi connectivity index (χ0) is 22.7. The van der Waals surface area contributed by atoms with E-state index in [-0.39, 0.29) is 17.9 Å². The number of phenols is 1. The van der Waals surface area contributed by atoms with Crippen LogP contribution < -0.4 is 4.74 Å². The first kappa shape index (κ1) is 22.5. The highest BCUT2D eigenvalue weighted by Crippen LogP contribution is 2.38. The summed E-state index contributed by atoms with van der Waals surface area (Å²) in [6, 6.07) is 13.1. The van der Waals surface area contributed by atoms with Gasteiger partial charge < -0.3 is 14.6 Å². The van der Waals surface area contributed by atoms with Gasteiger partial charge in [0.2, 0.25) is 0 Å². The Morgan fingerprint density at radius 2 is 1.78 bits per heavy atom. The van der Waals surface area contributed by atoms with Crippen LogP contribution in [-0.2, 0) is 11.2 Å². The van der Waals surface area contributed by atoms with Gasteiger partial charge in [0.05, 0.1) is 6.04 Å². The average molecular weight is 439 g/mol. The number of aromatic hydroxyl groups is 1. The highest BCUT2D eigenvalue weighted by Gasteiger charge is 2.34. The molecule has 1 N–H and O–H groups in total. The number of likely N-dealkylation sites (tertiary alicyclic amines) is 1. The first-order chi connectivity index (χ1) is 15.3. The van der Waals surface area contributed by atoms with E-state index in [9.17, 15) is 9.90 Å². The fraction of sp³-hybridized carbons (Fsp3) is 0.500. The molecular formula is C26H34N2O4. The van der Waals surface area contributed by atoms with Gasteiger partial charge in [-0.05, 0) is 94.1 Å². The molecule has 1 saturated heterocycles. The molecule has 2 aliphatic heterocycles. The average Bonchev–Trinajstić information content (AvgIpc) is 3.25. The Morgan fingerprint density at radius 3 is 2.47 bits per heavy atom. The smallest absolute Gasteiger partial charge is 0.411 e. The summed E-state index contributed by atoms with van der Waals surface area (Å²) in [4.78, 5) is 17.3. The van der Waals surface area contributed by atoms with Crippen molar-refractivity contribution in [2.75, 3.05) is 32.8 Å². The van der Waals surface area contributed by atoms with Crippen LogP contribution in [0.3, 0.4) is 0 Å². The van der Waals surface area contributed by atoms with Crippen molar-refractivity contribution < 1.29 is 19.4 Å². The van der Waals surface area contributed by atoms with E-state index in [1.54, 1.807) is 17.0 Å². The zero-order valence-electron chi connectivity index (χ0n) is 19.3. The zero-order valence-corrected chi connectivity index (χ0v) is 19.3. The number of phenolic OH excluding ortho intramolecular Hbond substituents is 1. The molecule has 1 fully saturated rings. The summed E-state index contributed by atoms with van der Waals surface area (Å²) in [6.45, 7) is 10.1. The molecule has 172 valence electrons. The molecule has 0 spiro atoms. The Bertz CT molecular complexity index is 930. The molecule has 2 heterocycles. The lowest BCUT2D eigenvalue weighted by Gasteiger charge is -2.38. The second-order valence-corrected chi connectivity index (χ2v) is 9.68. The van der Waals surface area contributed by atoms with Crippen LogP contribution in [0.2, 0.25) is 0 Å². The Morgan fingerprint density at radius 1 is 1.06 bits per heavy atom. The molecular weight excluding hydrogens is 404 g/mol. The number of benzene rings is 2. The summed E-state index contributed by atoms with van der Waals surface area (Å²) in [7, 11) is 0. The maximum Gasteiger partial charge on any atom is 0.411 e. The van der Waals surface area contributed by atoms with Crippen molar-refractivity contribution in [2.45, 2.75) is 51.7 Å². The monoisotopic (exact) mass is 438 g/mol. The molecule has 0 radical (unpaired) electrons. The number of carbonyl (C=O) groups is 1. The first-order valence-electron chi connectivity index (χ1n) is 11.6. The molecule has 1 atom stereocenters. The van der Waals surface area contributed by atoms with E-state index in [4.69, 9.17) is 9.47 Å². The van der Waals surface area contributed by atoms with Crippen LogP contribution in [0.25, 0.3) is 0 Å². The van der Waals surface area contributed by atoms with Crippen LogP contribution in [0.4, 0.5) is 4.79 Å². The normalized spacial score (nSPS) is 19.0. The van der Waals surface area contributed by atoms with E-state index in [0.717, 1.165) is 29.0 Å². The van der Waals surface area contributed by atoms with E-state index in [2.05, 4.69) is 4.90 Å². The van der Waals surface area contributed by atoms with Crippen LogP contribution in [0.5, 0.6) is 11.5 Å². The van der Waals surface area contributed by atoms with E-state index in [1.807, 2.05) is 51.1 Å². The van der Waals surface area contributed by atoms with E-state index in [0.29, 0.717) is 19.6 Å². The third kappa shape index (κ3) is 5.36. The van der Waals surface area contributed by atoms with Gasteiger partial charge in [0.1, 0.15) is 23.7 Å². The Balaban J connectivity index is 1.53. The van der Waals surface area contributed by atoms with Gasteiger partial charge in [0, 0.05) is 13.1 Å². The minimum Gasteiger partial charge on any atom is -0.508 e. The molecule has 2 aliphatic rings. The van der Waals surface area contributed by atoms with Crippen molar-refractivity contribution in [3.63, 3.8) is 0 Å². The summed E-state index contributed by atoms with van der Waals surface area (Å²) < 4.78 is 11.7. The highest BCUT2D eigenvalue weighted by molar-refractivity contribution is 5.70. The first-order valence-corrected chi connectivity index (χ1v) is 11.6. The van der Waals surface area contributed by atoms with Crippen molar-refractivity contribution in [1.82, 2.24) is 9.80 Å².